The van der Waals surface area contributed by atoms with Gasteiger partial charge in [0.15, 0.2) is 12.4 Å². The van der Waals surface area contributed by atoms with Crippen LogP contribution in [0.1, 0.15) is 35.7 Å². The number of Topliss-reactive ketones (excluding diaryl/α,β-unsaturated/α-hetero) is 1. The van der Waals surface area contributed by atoms with Crippen LogP contribution in [0.5, 0.6) is 0 Å². The molecule has 0 aliphatic carbocycles. The maximum absolute atomic E-state index is 12.2. The van der Waals surface area contributed by atoms with Gasteiger partial charge in [-0.05, 0) is 24.8 Å². The molecule has 1 heterocycles. The molecule has 8 heteroatoms. The Morgan fingerprint density at radius 3 is 2.48 bits per heavy atom. The zero-order valence-corrected chi connectivity index (χ0v) is 14.8. The minimum absolute atomic E-state index is 0.327. The first kappa shape index (κ1) is 20.7. The van der Waals surface area contributed by atoms with Crippen LogP contribution >= 0.6 is 0 Å². The Morgan fingerprint density at radius 1 is 1.22 bits per heavy atom. The summed E-state index contributed by atoms with van der Waals surface area (Å²) in [5.41, 5.74) is 1.49. The number of ketones is 2. The lowest BCUT2D eigenvalue weighted by atomic mass is 10.1. The highest BCUT2D eigenvalue weighted by molar-refractivity contribution is 5.98. The lowest BCUT2D eigenvalue weighted by molar-refractivity contribution is -0.165. The van der Waals surface area contributed by atoms with Crippen LogP contribution in [0.2, 0.25) is 0 Å². The van der Waals surface area contributed by atoms with Crippen molar-refractivity contribution in [3.05, 3.63) is 47.7 Å². The van der Waals surface area contributed by atoms with E-state index >= 15 is 0 Å². The number of rotatable bonds is 7. The molecule has 0 radical (unpaired) electrons. The summed E-state index contributed by atoms with van der Waals surface area (Å²) in [5, 5.41) is 0. The maximum Gasteiger partial charge on any atom is 0.454 e. The summed E-state index contributed by atoms with van der Waals surface area (Å²) in [5.74, 6) is -3.05. The number of hydrogen-bond donors (Lipinski definition) is 0. The van der Waals surface area contributed by atoms with Crippen molar-refractivity contribution in [1.82, 2.24) is 4.90 Å². The molecule has 1 saturated heterocycles. The van der Waals surface area contributed by atoms with Crippen LogP contribution in [0.3, 0.4) is 0 Å². The highest BCUT2D eigenvalue weighted by atomic mass is 19.4. The number of nitrogens with zero attached hydrogens (tertiary/aromatic N) is 1. The molecule has 1 aromatic carbocycles. The number of carbonyl (C=O) groups is 3. The first-order valence-corrected chi connectivity index (χ1v) is 8.56. The Bertz CT molecular complexity index is 725. The van der Waals surface area contributed by atoms with Gasteiger partial charge in [0, 0.05) is 24.4 Å². The zero-order chi connectivity index (χ0) is 20.0. The van der Waals surface area contributed by atoms with Gasteiger partial charge in [-0.15, -0.1) is 0 Å². The SMILES string of the molecule is CCc1ccc(C(=O)COC(=O)[C@@H]2CCCN2C=CC(=O)C(F)(F)F)cc1. The fraction of sp³-hybridized carbons (Fsp3) is 0.421. The highest BCUT2D eigenvalue weighted by Crippen LogP contribution is 2.21. The van der Waals surface area contributed by atoms with Gasteiger partial charge >= 0.3 is 12.1 Å². The molecule has 5 nitrogen and oxygen atoms in total. The van der Waals surface area contributed by atoms with Gasteiger partial charge in [-0.3, -0.25) is 9.59 Å². The number of allylic oxidation sites excluding steroid dienone is 1. The summed E-state index contributed by atoms with van der Waals surface area (Å²) in [6.45, 7) is 1.87. The molecule has 1 aliphatic heterocycles. The second-order valence-corrected chi connectivity index (χ2v) is 6.15. The summed E-state index contributed by atoms with van der Waals surface area (Å²) in [6.07, 6.45) is -1.82. The Balaban J connectivity index is 1.91. The number of alkyl halides is 3. The fourth-order valence-electron chi connectivity index (χ4n) is 2.72. The van der Waals surface area contributed by atoms with Crippen LogP contribution in [-0.2, 0) is 20.7 Å². The van der Waals surface area contributed by atoms with E-state index in [0.29, 0.717) is 31.0 Å². The van der Waals surface area contributed by atoms with Gasteiger partial charge in [0.25, 0.3) is 5.78 Å². The van der Waals surface area contributed by atoms with Gasteiger partial charge < -0.3 is 9.64 Å². The molecule has 0 aromatic heterocycles. The number of carbonyl (C=O) groups excluding carboxylic acids is 3. The van der Waals surface area contributed by atoms with Crippen LogP contribution in [0.4, 0.5) is 13.2 Å². The molecule has 146 valence electrons. The van der Waals surface area contributed by atoms with E-state index in [1.807, 2.05) is 19.1 Å². The molecule has 0 saturated carbocycles. The van der Waals surface area contributed by atoms with E-state index in [2.05, 4.69) is 0 Å². The molecule has 0 spiro atoms. The summed E-state index contributed by atoms with van der Waals surface area (Å²) >= 11 is 0. The van der Waals surface area contributed by atoms with Crippen LogP contribution in [0.25, 0.3) is 0 Å². The number of ether oxygens (including phenoxy) is 1. The van der Waals surface area contributed by atoms with Crippen molar-refractivity contribution < 1.29 is 32.3 Å². The van der Waals surface area contributed by atoms with Gasteiger partial charge in [-0.25, -0.2) is 4.79 Å². The molecule has 2 rings (SSSR count). The van der Waals surface area contributed by atoms with Crippen molar-refractivity contribution in [2.24, 2.45) is 0 Å². The topological polar surface area (TPSA) is 63.7 Å². The summed E-state index contributed by atoms with van der Waals surface area (Å²) in [4.78, 5) is 36.5. The molecule has 0 amide bonds. The van der Waals surface area contributed by atoms with Crippen molar-refractivity contribution >= 4 is 17.5 Å². The third kappa shape index (κ3) is 5.67. The van der Waals surface area contributed by atoms with Crippen LogP contribution < -0.4 is 0 Å². The number of benzene rings is 1. The van der Waals surface area contributed by atoms with E-state index in [1.165, 1.54) is 4.90 Å². The van der Waals surface area contributed by atoms with Crippen LogP contribution in [-0.4, -0.2) is 47.8 Å². The van der Waals surface area contributed by atoms with E-state index in [9.17, 15) is 27.6 Å². The third-order valence-corrected chi connectivity index (χ3v) is 4.29. The normalized spacial score (nSPS) is 17.3. The molecule has 0 N–H and O–H groups in total. The predicted molar refractivity (Wildman–Crippen MR) is 91.0 cm³/mol. The third-order valence-electron chi connectivity index (χ3n) is 4.29. The fourth-order valence-corrected chi connectivity index (χ4v) is 2.72. The summed E-state index contributed by atoms with van der Waals surface area (Å²) < 4.78 is 41.8. The van der Waals surface area contributed by atoms with Crippen molar-refractivity contribution in [1.29, 1.82) is 0 Å². The van der Waals surface area contributed by atoms with Gasteiger partial charge in [-0.2, -0.15) is 13.2 Å². The molecular weight excluding hydrogens is 363 g/mol. The van der Waals surface area contributed by atoms with Gasteiger partial charge in [0.1, 0.15) is 6.04 Å². The first-order chi connectivity index (χ1) is 12.7. The smallest absolute Gasteiger partial charge is 0.454 e. The zero-order valence-electron chi connectivity index (χ0n) is 14.8. The van der Waals surface area contributed by atoms with Crippen molar-refractivity contribution in [3.8, 4) is 0 Å². The summed E-state index contributed by atoms with van der Waals surface area (Å²) in [7, 11) is 0. The van der Waals surface area contributed by atoms with E-state index in [-0.39, 0.29) is 5.78 Å². The first-order valence-electron chi connectivity index (χ1n) is 8.56. The molecular formula is C19H20F3NO4. The van der Waals surface area contributed by atoms with Crippen molar-refractivity contribution in [2.75, 3.05) is 13.2 Å². The van der Waals surface area contributed by atoms with E-state index in [4.69, 9.17) is 4.74 Å². The largest absolute Gasteiger partial charge is 0.456 e. The maximum atomic E-state index is 12.2. The van der Waals surface area contributed by atoms with Crippen molar-refractivity contribution in [2.45, 2.75) is 38.4 Å². The lowest BCUT2D eigenvalue weighted by Crippen LogP contribution is -2.35. The van der Waals surface area contributed by atoms with Crippen molar-refractivity contribution in [3.63, 3.8) is 0 Å². The van der Waals surface area contributed by atoms with E-state index in [0.717, 1.165) is 18.2 Å². The average molecular weight is 383 g/mol. The van der Waals surface area contributed by atoms with Gasteiger partial charge in [-0.1, -0.05) is 31.2 Å². The second kappa shape index (κ2) is 8.83. The minimum Gasteiger partial charge on any atom is -0.456 e. The molecule has 27 heavy (non-hydrogen) atoms. The van der Waals surface area contributed by atoms with Gasteiger partial charge in [0.05, 0.1) is 0 Å². The van der Waals surface area contributed by atoms with E-state index in [1.54, 1.807) is 12.1 Å². The number of likely N-dealkylation sites (tertiary alicyclic amines) is 1. The summed E-state index contributed by atoms with van der Waals surface area (Å²) in [6, 6.07) is 6.13. The number of hydrogen-bond acceptors (Lipinski definition) is 5. The van der Waals surface area contributed by atoms with Crippen LogP contribution in [0.15, 0.2) is 36.5 Å². The highest BCUT2D eigenvalue weighted by Gasteiger charge is 2.37. The molecule has 0 bridgehead atoms. The van der Waals surface area contributed by atoms with E-state index < -0.39 is 30.6 Å². The quantitative estimate of drug-likeness (QED) is 0.411. The second-order valence-electron chi connectivity index (χ2n) is 6.15. The number of halogens is 3. The number of aryl methyl sites for hydroxylation is 1. The predicted octanol–water partition coefficient (Wildman–Crippen LogP) is 3.08. The van der Waals surface area contributed by atoms with Gasteiger partial charge in [0.2, 0.25) is 0 Å². The Kier molecular flexibility index (Phi) is 6.76. The molecule has 1 aliphatic rings. The Morgan fingerprint density at radius 2 is 1.89 bits per heavy atom. The Hall–Kier alpha value is -2.64. The molecule has 0 unspecified atom stereocenters. The Labute approximate surface area is 154 Å². The average Bonchev–Trinajstić information content (AvgIpc) is 3.11. The monoisotopic (exact) mass is 383 g/mol. The lowest BCUT2D eigenvalue weighted by Gasteiger charge is -2.21. The molecule has 1 aromatic rings. The number of esters is 1. The standard InChI is InChI=1S/C19H20F3NO4/c1-2-13-5-7-14(8-6-13)16(24)12-27-18(26)15-4-3-10-23(15)11-9-17(25)19(20,21)22/h5-9,11,15H,2-4,10,12H2,1H3/t15-/m0/s1. The molecule has 1 atom stereocenters. The minimum atomic E-state index is -4.95. The van der Waals surface area contributed by atoms with Crippen LogP contribution in [0, 0.1) is 0 Å². The molecule has 1 fully saturated rings.